The number of ether oxygens (including phenoxy) is 1. The maximum Gasteiger partial charge on any atom is 0.129 e. The lowest BCUT2D eigenvalue weighted by molar-refractivity contribution is 0.416. The molecule has 2 rings (SSSR count). The molecule has 0 saturated heterocycles. The van der Waals surface area contributed by atoms with Gasteiger partial charge in [0.05, 0.1) is 11.9 Å². The highest BCUT2D eigenvalue weighted by molar-refractivity contribution is 9.09. The second-order valence-electron chi connectivity index (χ2n) is 3.38. The van der Waals surface area contributed by atoms with E-state index in [0.717, 1.165) is 17.9 Å². The van der Waals surface area contributed by atoms with Crippen LogP contribution in [-0.4, -0.2) is 12.1 Å². The lowest BCUT2D eigenvalue weighted by atomic mass is 10.2. The van der Waals surface area contributed by atoms with E-state index in [0.29, 0.717) is 4.83 Å². The zero-order chi connectivity index (χ0) is 11.4. The fraction of sp³-hybridized carbons (Fsp3) is 0.250. The van der Waals surface area contributed by atoms with E-state index in [-0.39, 0.29) is 0 Å². The number of thiophene rings is 1. The van der Waals surface area contributed by atoms with Crippen molar-refractivity contribution in [1.29, 1.82) is 0 Å². The van der Waals surface area contributed by atoms with Crippen molar-refractivity contribution in [2.75, 3.05) is 7.11 Å². The summed E-state index contributed by atoms with van der Waals surface area (Å²) in [5.74, 6) is 0.922. The minimum atomic E-state index is 0.302. The third-order valence-electron chi connectivity index (χ3n) is 2.25. The molecule has 1 atom stereocenters. The van der Waals surface area contributed by atoms with Gasteiger partial charge in [-0.05, 0) is 18.2 Å². The first-order valence-electron chi connectivity index (χ1n) is 4.96. The lowest BCUT2D eigenvalue weighted by Crippen LogP contribution is -1.95. The normalized spacial score (nSPS) is 12.4. The third-order valence-corrected chi connectivity index (χ3v) is 4.40. The fourth-order valence-electron chi connectivity index (χ4n) is 1.41. The van der Waals surface area contributed by atoms with Crippen molar-refractivity contribution in [2.45, 2.75) is 11.2 Å². The Kier molecular flexibility index (Phi) is 3.96. The van der Waals surface area contributed by atoms with Crippen LogP contribution in [0, 0.1) is 0 Å². The third kappa shape index (κ3) is 2.83. The van der Waals surface area contributed by atoms with Crippen LogP contribution in [0.1, 0.15) is 15.4 Å². The van der Waals surface area contributed by atoms with Crippen molar-refractivity contribution in [2.24, 2.45) is 0 Å². The Labute approximate surface area is 107 Å². The van der Waals surface area contributed by atoms with E-state index in [1.807, 2.05) is 29.8 Å². The molecule has 2 heterocycles. The summed E-state index contributed by atoms with van der Waals surface area (Å²) in [6.07, 6.45) is 2.72. The standard InChI is InChI=1S/C12H12BrNOS/c1-15-10-7-12(16-8-10)11(13)6-9-4-2-3-5-14-9/h2-5,7-8,11H,6H2,1H3. The van der Waals surface area contributed by atoms with Gasteiger partial charge in [-0.1, -0.05) is 22.0 Å². The van der Waals surface area contributed by atoms with Crippen LogP contribution < -0.4 is 4.74 Å². The summed E-state index contributed by atoms with van der Waals surface area (Å²) >= 11 is 5.38. The van der Waals surface area contributed by atoms with Gasteiger partial charge in [-0.3, -0.25) is 4.98 Å². The Hall–Kier alpha value is -0.870. The predicted molar refractivity (Wildman–Crippen MR) is 70.5 cm³/mol. The van der Waals surface area contributed by atoms with Gasteiger partial charge < -0.3 is 4.74 Å². The molecule has 0 amide bonds. The van der Waals surface area contributed by atoms with Crippen LogP contribution in [0.25, 0.3) is 0 Å². The number of aromatic nitrogens is 1. The van der Waals surface area contributed by atoms with Crippen LogP contribution in [0.3, 0.4) is 0 Å². The molecule has 0 N–H and O–H groups in total. The second-order valence-corrected chi connectivity index (χ2v) is 5.43. The molecule has 0 bridgehead atoms. The molecule has 4 heteroatoms. The molecule has 2 aromatic heterocycles. The van der Waals surface area contributed by atoms with E-state index >= 15 is 0 Å². The molecule has 2 aromatic rings. The van der Waals surface area contributed by atoms with Gasteiger partial charge in [0.2, 0.25) is 0 Å². The summed E-state index contributed by atoms with van der Waals surface area (Å²) in [6, 6.07) is 8.05. The van der Waals surface area contributed by atoms with Gasteiger partial charge in [0.1, 0.15) is 5.75 Å². The van der Waals surface area contributed by atoms with Crippen molar-refractivity contribution in [3.63, 3.8) is 0 Å². The Morgan fingerprint density at radius 3 is 3.00 bits per heavy atom. The molecule has 84 valence electrons. The largest absolute Gasteiger partial charge is 0.496 e. The van der Waals surface area contributed by atoms with Gasteiger partial charge in [-0.2, -0.15) is 0 Å². The average molecular weight is 298 g/mol. The van der Waals surface area contributed by atoms with Crippen LogP contribution in [-0.2, 0) is 6.42 Å². The minimum Gasteiger partial charge on any atom is -0.496 e. The van der Waals surface area contributed by atoms with Gasteiger partial charge in [0.15, 0.2) is 0 Å². The SMILES string of the molecule is COc1csc(C(Br)Cc2ccccn2)c1. The van der Waals surface area contributed by atoms with Crippen molar-refractivity contribution in [1.82, 2.24) is 4.98 Å². The van der Waals surface area contributed by atoms with E-state index < -0.39 is 0 Å². The first-order chi connectivity index (χ1) is 7.79. The number of halogens is 1. The highest BCUT2D eigenvalue weighted by atomic mass is 79.9. The van der Waals surface area contributed by atoms with Gasteiger partial charge in [0.25, 0.3) is 0 Å². The van der Waals surface area contributed by atoms with Gasteiger partial charge in [0, 0.05) is 28.6 Å². The molecule has 0 saturated carbocycles. The molecule has 0 aliphatic rings. The number of hydrogen-bond acceptors (Lipinski definition) is 3. The van der Waals surface area contributed by atoms with Gasteiger partial charge in [-0.15, -0.1) is 11.3 Å². The van der Waals surface area contributed by atoms with Gasteiger partial charge in [-0.25, -0.2) is 0 Å². The Balaban J connectivity index is 2.05. The quantitative estimate of drug-likeness (QED) is 0.800. The van der Waals surface area contributed by atoms with Crippen LogP contribution in [0.15, 0.2) is 35.8 Å². The number of methoxy groups -OCH3 is 1. The maximum absolute atomic E-state index is 5.17. The van der Waals surface area contributed by atoms with Gasteiger partial charge >= 0.3 is 0 Å². The van der Waals surface area contributed by atoms with E-state index in [2.05, 4.69) is 27.0 Å². The number of pyridine rings is 1. The monoisotopic (exact) mass is 297 g/mol. The Bertz CT molecular complexity index is 443. The van der Waals surface area contributed by atoms with E-state index in [1.165, 1.54) is 4.88 Å². The summed E-state index contributed by atoms with van der Waals surface area (Å²) in [5.41, 5.74) is 1.09. The van der Waals surface area contributed by atoms with Crippen LogP contribution in [0.5, 0.6) is 5.75 Å². The topological polar surface area (TPSA) is 22.1 Å². The van der Waals surface area contributed by atoms with Crippen molar-refractivity contribution < 1.29 is 4.74 Å². The molecular weight excluding hydrogens is 286 g/mol. The van der Waals surface area contributed by atoms with Crippen LogP contribution >= 0.6 is 27.3 Å². The fourth-order valence-corrected chi connectivity index (χ4v) is 3.03. The highest BCUT2D eigenvalue weighted by Gasteiger charge is 2.12. The summed E-state index contributed by atoms with van der Waals surface area (Å²) in [6.45, 7) is 0. The molecule has 16 heavy (non-hydrogen) atoms. The number of nitrogens with zero attached hydrogens (tertiary/aromatic N) is 1. The summed E-state index contributed by atoms with van der Waals surface area (Å²) in [5, 5.41) is 2.02. The van der Waals surface area contributed by atoms with E-state index in [4.69, 9.17) is 4.74 Å². The van der Waals surface area contributed by atoms with Crippen LogP contribution in [0.2, 0.25) is 0 Å². The molecule has 0 spiro atoms. The average Bonchev–Trinajstić information content (AvgIpc) is 2.79. The van der Waals surface area contributed by atoms with E-state index in [9.17, 15) is 0 Å². The molecular formula is C12H12BrNOS. The first-order valence-corrected chi connectivity index (χ1v) is 6.75. The molecule has 0 aromatic carbocycles. The Morgan fingerprint density at radius 1 is 1.50 bits per heavy atom. The van der Waals surface area contributed by atoms with Crippen molar-refractivity contribution in [3.8, 4) is 5.75 Å². The second kappa shape index (κ2) is 5.46. The van der Waals surface area contributed by atoms with E-state index in [1.54, 1.807) is 18.4 Å². The number of rotatable bonds is 4. The zero-order valence-electron chi connectivity index (χ0n) is 8.89. The molecule has 2 nitrogen and oxygen atoms in total. The minimum absolute atomic E-state index is 0.302. The summed E-state index contributed by atoms with van der Waals surface area (Å²) in [4.78, 5) is 5.88. The molecule has 0 fully saturated rings. The molecule has 0 aliphatic heterocycles. The summed E-state index contributed by atoms with van der Waals surface area (Å²) in [7, 11) is 1.69. The molecule has 0 radical (unpaired) electrons. The predicted octanol–water partition coefficient (Wildman–Crippen LogP) is 3.83. The summed E-state index contributed by atoms with van der Waals surface area (Å²) < 4.78 is 5.17. The lowest BCUT2D eigenvalue weighted by Gasteiger charge is -2.06. The maximum atomic E-state index is 5.17. The molecule has 1 unspecified atom stereocenters. The van der Waals surface area contributed by atoms with Crippen molar-refractivity contribution >= 4 is 27.3 Å². The Morgan fingerprint density at radius 2 is 2.38 bits per heavy atom. The first kappa shape index (κ1) is 11.6. The van der Waals surface area contributed by atoms with Crippen LogP contribution in [0.4, 0.5) is 0 Å². The smallest absolute Gasteiger partial charge is 0.129 e. The highest BCUT2D eigenvalue weighted by Crippen LogP contribution is 2.33. The van der Waals surface area contributed by atoms with Crippen molar-refractivity contribution in [3.05, 3.63) is 46.4 Å². The number of hydrogen-bond donors (Lipinski definition) is 0. The zero-order valence-corrected chi connectivity index (χ0v) is 11.3. The molecule has 0 aliphatic carbocycles. The number of alkyl halides is 1.